The second kappa shape index (κ2) is 15.0. The molecule has 0 unspecified atom stereocenters. The molecule has 0 aliphatic rings. The number of hydrogen-bond donors (Lipinski definition) is 6. The molecule has 0 aliphatic carbocycles. The molecule has 2 atom stereocenters. The molecule has 8 nitrogen and oxygen atoms in total. The highest BCUT2D eigenvalue weighted by atomic mass is 16.3. The number of amides is 1. The standard InChI is InChI=1S/C10H24N2O2.C6H7N3O/c1-3-9(7-13)11-5-6-12-10(4-2)8-14;7-9-6(10)5-1-3-8-4-2-5/h9-14H,3-8H2,1-2H3;1-4H,7H2,(H,9,10)/t9-,10-;/m1./s1. The Bertz CT molecular complexity index is 397. The summed E-state index contributed by atoms with van der Waals surface area (Å²) in [5.41, 5.74) is 2.53. The third kappa shape index (κ3) is 10.2. The smallest absolute Gasteiger partial charge is 0.265 e. The lowest BCUT2D eigenvalue weighted by Crippen LogP contribution is -2.40. The normalized spacial score (nSPS) is 12.7. The van der Waals surface area contributed by atoms with Crippen molar-refractivity contribution in [3.63, 3.8) is 0 Å². The molecule has 1 aromatic heterocycles. The van der Waals surface area contributed by atoms with E-state index < -0.39 is 0 Å². The molecule has 1 rings (SSSR count). The first kappa shape index (κ1) is 22.4. The van der Waals surface area contributed by atoms with Crippen molar-refractivity contribution in [2.24, 2.45) is 5.84 Å². The number of carbonyl (C=O) groups is 1. The Hall–Kier alpha value is -1.58. The summed E-state index contributed by atoms with van der Waals surface area (Å²) in [5, 5.41) is 24.3. The second-order valence-electron chi connectivity index (χ2n) is 5.19. The van der Waals surface area contributed by atoms with Crippen LogP contribution >= 0.6 is 0 Å². The molecule has 24 heavy (non-hydrogen) atoms. The summed E-state index contributed by atoms with van der Waals surface area (Å²) >= 11 is 0. The SMILES string of the molecule is CC[C@H](CO)NCCN[C@H](CC)CO.NNC(=O)c1ccncc1. The maximum Gasteiger partial charge on any atom is 0.265 e. The number of pyridine rings is 1. The molecule has 1 heterocycles. The van der Waals surface area contributed by atoms with Crippen LogP contribution in [0.15, 0.2) is 24.5 Å². The van der Waals surface area contributed by atoms with Crippen LogP contribution in [0.4, 0.5) is 0 Å². The van der Waals surface area contributed by atoms with E-state index in [4.69, 9.17) is 16.1 Å². The van der Waals surface area contributed by atoms with Crippen LogP contribution in [-0.2, 0) is 0 Å². The predicted octanol–water partition coefficient (Wildman–Crippen LogP) is -0.607. The maximum absolute atomic E-state index is 10.7. The van der Waals surface area contributed by atoms with Crippen molar-refractivity contribution in [2.75, 3.05) is 26.3 Å². The fourth-order valence-electron chi connectivity index (χ4n) is 1.82. The maximum atomic E-state index is 10.7. The highest BCUT2D eigenvalue weighted by molar-refractivity contribution is 5.93. The van der Waals surface area contributed by atoms with Gasteiger partial charge in [0.1, 0.15) is 0 Å². The van der Waals surface area contributed by atoms with Crippen LogP contribution in [0.3, 0.4) is 0 Å². The van der Waals surface area contributed by atoms with Crippen molar-refractivity contribution in [3.8, 4) is 0 Å². The van der Waals surface area contributed by atoms with E-state index >= 15 is 0 Å². The van der Waals surface area contributed by atoms with Gasteiger partial charge in [-0.25, -0.2) is 5.84 Å². The van der Waals surface area contributed by atoms with Gasteiger partial charge in [0.25, 0.3) is 5.91 Å². The van der Waals surface area contributed by atoms with Gasteiger partial charge in [0.05, 0.1) is 13.2 Å². The Morgan fingerprint density at radius 3 is 1.88 bits per heavy atom. The lowest BCUT2D eigenvalue weighted by molar-refractivity contribution is 0.0953. The minimum absolute atomic E-state index is 0.188. The third-order valence-corrected chi connectivity index (χ3v) is 3.49. The van der Waals surface area contributed by atoms with E-state index in [-0.39, 0.29) is 31.2 Å². The molecule has 138 valence electrons. The first-order chi connectivity index (χ1) is 11.6. The highest BCUT2D eigenvalue weighted by Gasteiger charge is 2.04. The van der Waals surface area contributed by atoms with Crippen molar-refractivity contribution < 1.29 is 15.0 Å². The van der Waals surface area contributed by atoms with Crippen molar-refractivity contribution in [1.82, 2.24) is 21.0 Å². The van der Waals surface area contributed by atoms with Crippen molar-refractivity contribution in [2.45, 2.75) is 38.8 Å². The monoisotopic (exact) mass is 341 g/mol. The van der Waals surface area contributed by atoms with Gasteiger partial charge in [-0.05, 0) is 25.0 Å². The topological polar surface area (TPSA) is 133 Å². The molecule has 7 N–H and O–H groups in total. The first-order valence-corrected chi connectivity index (χ1v) is 8.22. The Morgan fingerprint density at radius 1 is 1.08 bits per heavy atom. The van der Waals surface area contributed by atoms with Gasteiger partial charge < -0.3 is 20.8 Å². The second-order valence-corrected chi connectivity index (χ2v) is 5.19. The molecule has 0 fully saturated rings. The quantitative estimate of drug-likeness (QED) is 0.145. The molecule has 1 aromatic rings. The molecule has 0 aromatic carbocycles. The fourth-order valence-corrected chi connectivity index (χ4v) is 1.82. The van der Waals surface area contributed by atoms with E-state index in [1.165, 1.54) is 12.4 Å². The van der Waals surface area contributed by atoms with Crippen LogP contribution in [0, 0.1) is 0 Å². The molecule has 8 heteroatoms. The van der Waals surface area contributed by atoms with Crippen LogP contribution in [0.2, 0.25) is 0 Å². The largest absolute Gasteiger partial charge is 0.395 e. The molecule has 0 bridgehead atoms. The highest BCUT2D eigenvalue weighted by Crippen LogP contribution is 1.93. The number of nitrogen functional groups attached to an aromatic ring is 1. The van der Waals surface area contributed by atoms with E-state index in [2.05, 4.69) is 15.6 Å². The number of hydrogen-bond acceptors (Lipinski definition) is 7. The first-order valence-electron chi connectivity index (χ1n) is 8.22. The Balaban J connectivity index is 0.000000463. The van der Waals surface area contributed by atoms with E-state index in [0.29, 0.717) is 5.56 Å². The summed E-state index contributed by atoms with van der Waals surface area (Å²) in [6.07, 6.45) is 4.94. The Kier molecular flexibility index (Phi) is 14.0. The molecule has 0 spiro atoms. The number of hydrazine groups is 1. The van der Waals surface area contributed by atoms with Crippen molar-refractivity contribution in [1.29, 1.82) is 0 Å². The summed E-state index contributed by atoms with van der Waals surface area (Å²) in [6, 6.07) is 3.57. The zero-order valence-electron chi connectivity index (χ0n) is 14.5. The third-order valence-electron chi connectivity index (χ3n) is 3.49. The van der Waals surface area contributed by atoms with Crippen LogP contribution in [0.5, 0.6) is 0 Å². The Labute approximate surface area is 143 Å². The average molecular weight is 341 g/mol. The zero-order chi connectivity index (χ0) is 18.2. The summed E-state index contributed by atoms with van der Waals surface area (Å²) in [5.74, 6) is 4.58. The number of aromatic nitrogens is 1. The van der Waals surface area contributed by atoms with E-state index in [9.17, 15) is 4.79 Å². The van der Waals surface area contributed by atoms with Gasteiger partial charge in [0, 0.05) is 43.1 Å². The lowest BCUT2D eigenvalue weighted by atomic mass is 10.2. The summed E-state index contributed by atoms with van der Waals surface area (Å²) < 4.78 is 0. The van der Waals surface area contributed by atoms with Crippen LogP contribution < -0.4 is 21.9 Å². The molecular weight excluding hydrogens is 310 g/mol. The molecule has 0 saturated carbocycles. The summed E-state index contributed by atoms with van der Waals surface area (Å²) in [7, 11) is 0. The summed E-state index contributed by atoms with van der Waals surface area (Å²) in [4.78, 5) is 14.5. The van der Waals surface area contributed by atoms with E-state index in [1.54, 1.807) is 12.1 Å². The minimum atomic E-state index is -0.303. The van der Waals surface area contributed by atoms with Crippen LogP contribution in [-0.4, -0.2) is 59.5 Å². The number of aliphatic hydroxyl groups excluding tert-OH is 2. The van der Waals surface area contributed by atoms with E-state index in [0.717, 1.165) is 25.9 Å². The van der Waals surface area contributed by atoms with Crippen LogP contribution in [0.1, 0.15) is 37.0 Å². The average Bonchev–Trinajstić information content (AvgIpc) is 2.65. The number of nitrogens with two attached hydrogens (primary N) is 1. The predicted molar refractivity (Wildman–Crippen MR) is 94.2 cm³/mol. The van der Waals surface area contributed by atoms with Crippen molar-refractivity contribution >= 4 is 5.91 Å². The molecule has 0 saturated heterocycles. The number of carbonyl (C=O) groups excluding carboxylic acids is 1. The number of nitrogens with one attached hydrogen (secondary N) is 3. The molecule has 0 radical (unpaired) electrons. The van der Waals surface area contributed by atoms with Gasteiger partial charge in [-0.2, -0.15) is 0 Å². The number of nitrogens with zero attached hydrogens (tertiary/aromatic N) is 1. The van der Waals surface area contributed by atoms with Gasteiger partial charge in [-0.3, -0.25) is 15.2 Å². The molecule has 0 aliphatic heterocycles. The summed E-state index contributed by atoms with van der Waals surface area (Å²) in [6.45, 7) is 6.13. The van der Waals surface area contributed by atoms with Gasteiger partial charge in [-0.1, -0.05) is 13.8 Å². The number of rotatable bonds is 10. The van der Waals surface area contributed by atoms with Gasteiger partial charge in [-0.15, -0.1) is 0 Å². The van der Waals surface area contributed by atoms with E-state index in [1.807, 2.05) is 19.3 Å². The van der Waals surface area contributed by atoms with Gasteiger partial charge >= 0.3 is 0 Å². The van der Waals surface area contributed by atoms with Crippen molar-refractivity contribution in [3.05, 3.63) is 30.1 Å². The van der Waals surface area contributed by atoms with Gasteiger partial charge in [0.15, 0.2) is 0 Å². The minimum Gasteiger partial charge on any atom is -0.395 e. The Morgan fingerprint density at radius 2 is 1.54 bits per heavy atom. The lowest BCUT2D eigenvalue weighted by Gasteiger charge is -2.17. The zero-order valence-corrected chi connectivity index (χ0v) is 14.5. The van der Waals surface area contributed by atoms with Gasteiger partial charge in [0.2, 0.25) is 0 Å². The fraction of sp³-hybridized carbons (Fsp3) is 0.625. The number of aliphatic hydroxyl groups is 2. The van der Waals surface area contributed by atoms with Crippen LogP contribution in [0.25, 0.3) is 0 Å². The molecule has 1 amide bonds. The molecular formula is C16H31N5O3.